The van der Waals surface area contributed by atoms with E-state index in [-0.39, 0.29) is 0 Å². The van der Waals surface area contributed by atoms with Crippen molar-refractivity contribution in [2.75, 3.05) is 0 Å². The molecule has 0 unspecified atom stereocenters. The van der Waals surface area contributed by atoms with E-state index in [1.54, 1.807) is 0 Å². The van der Waals surface area contributed by atoms with Crippen LogP contribution in [0.5, 0.6) is 11.5 Å². The van der Waals surface area contributed by atoms with E-state index in [0.717, 1.165) is 33.6 Å². The largest absolute Gasteiger partial charge is 0.507 e. The molecule has 2 nitrogen and oxygen atoms in total. The SMILES string of the molecule is Cc1cc(C=Cc2cccc(C(=S)Oc3ccccc3)c2)cc(C)c1O. The van der Waals surface area contributed by atoms with Crippen molar-refractivity contribution < 1.29 is 9.84 Å². The molecule has 0 saturated carbocycles. The number of phenols is 1. The van der Waals surface area contributed by atoms with Crippen molar-refractivity contribution >= 4 is 29.4 Å². The van der Waals surface area contributed by atoms with Gasteiger partial charge in [-0.1, -0.05) is 48.6 Å². The number of aryl methyl sites for hydroxylation is 2. The van der Waals surface area contributed by atoms with E-state index in [1.165, 1.54) is 0 Å². The number of benzene rings is 3. The van der Waals surface area contributed by atoms with Crippen molar-refractivity contribution in [2.24, 2.45) is 0 Å². The lowest BCUT2D eigenvalue weighted by molar-refractivity contribution is 0.467. The van der Waals surface area contributed by atoms with Crippen LogP contribution in [0.25, 0.3) is 12.2 Å². The van der Waals surface area contributed by atoms with Gasteiger partial charge < -0.3 is 9.84 Å². The Bertz CT molecular complexity index is 936. The maximum Gasteiger partial charge on any atom is 0.198 e. The smallest absolute Gasteiger partial charge is 0.198 e. The van der Waals surface area contributed by atoms with Gasteiger partial charge in [0, 0.05) is 5.56 Å². The van der Waals surface area contributed by atoms with E-state index in [1.807, 2.05) is 92.7 Å². The molecule has 0 fully saturated rings. The average Bonchev–Trinajstić information content (AvgIpc) is 2.65. The van der Waals surface area contributed by atoms with Crippen LogP contribution in [0.2, 0.25) is 0 Å². The molecule has 0 heterocycles. The average molecular weight is 360 g/mol. The number of aromatic hydroxyl groups is 1. The molecule has 26 heavy (non-hydrogen) atoms. The Balaban J connectivity index is 1.78. The molecule has 0 saturated heterocycles. The summed E-state index contributed by atoms with van der Waals surface area (Å²) in [4.78, 5) is 0. The molecule has 1 N–H and O–H groups in total. The summed E-state index contributed by atoms with van der Waals surface area (Å²) >= 11 is 5.41. The van der Waals surface area contributed by atoms with Crippen LogP contribution in [-0.4, -0.2) is 10.2 Å². The predicted octanol–water partition coefficient (Wildman–Crippen LogP) is 5.93. The lowest BCUT2D eigenvalue weighted by atomic mass is 10.0. The molecule has 3 heteroatoms. The fourth-order valence-corrected chi connectivity index (χ4v) is 2.93. The first-order chi connectivity index (χ1) is 12.5. The molecule has 0 amide bonds. The van der Waals surface area contributed by atoms with E-state index < -0.39 is 0 Å². The standard InChI is InChI=1S/C23H20O2S/c1-16-13-19(14-17(2)22(16)24)12-11-18-7-6-8-20(15-18)23(26)25-21-9-4-3-5-10-21/h3-15,24H,1-2H3. The van der Waals surface area contributed by atoms with Gasteiger partial charge in [-0.3, -0.25) is 0 Å². The Morgan fingerprint density at radius 2 is 1.50 bits per heavy atom. The molecule has 3 aromatic rings. The third-order valence-electron chi connectivity index (χ3n) is 4.06. The Morgan fingerprint density at radius 1 is 0.846 bits per heavy atom. The van der Waals surface area contributed by atoms with Crippen LogP contribution >= 0.6 is 12.2 Å². The number of phenolic OH excluding ortho intramolecular Hbond substituents is 1. The minimum Gasteiger partial charge on any atom is -0.507 e. The van der Waals surface area contributed by atoms with Crippen molar-refractivity contribution in [1.29, 1.82) is 0 Å². The van der Waals surface area contributed by atoms with E-state index in [0.29, 0.717) is 10.8 Å². The number of hydrogen-bond donors (Lipinski definition) is 1. The Kier molecular flexibility index (Phi) is 5.49. The summed E-state index contributed by atoms with van der Waals surface area (Å²) in [5, 5.41) is 10.3. The molecule has 0 aromatic heterocycles. The number of thiocarbonyl (C=S) groups is 1. The molecule has 0 aliphatic carbocycles. The van der Waals surface area contributed by atoms with Gasteiger partial charge in [0.2, 0.25) is 0 Å². The second kappa shape index (κ2) is 7.98. The zero-order valence-electron chi connectivity index (χ0n) is 14.8. The van der Waals surface area contributed by atoms with Gasteiger partial charge in [0.05, 0.1) is 0 Å². The van der Waals surface area contributed by atoms with Gasteiger partial charge in [0.15, 0.2) is 5.05 Å². The van der Waals surface area contributed by atoms with Gasteiger partial charge in [0.1, 0.15) is 11.5 Å². The zero-order chi connectivity index (χ0) is 18.5. The van der Waals surface area contributed by atoms with Crippen molar-refractivity contribution in [2.45, 2.75) is 13.8 Å². The van der Waals surface area contributed by atoms with Crippen LogP contribution in [0.3, 0.4) is 0 Å². The Morgan fingerprint density at radius 3 is 2.19 bits per heavy atom. The number of rotatable bonds is 4. The monoisotopic (exact) mass is 360 g/mol. The number of para-hydroxylation sites is 1. The summed E-state index contributed by atoms with van der Waals surface area (Å²) in [5.74, 6) is 1.08. The highest BCUT2D eigenvalue weighted by molar-refractivity contribution is 7.80. The summed E-state index contributed by atoms with van der Waals surface area (Å²) in [5.41, 5.74) is 4.69. The highest BCUT2D eigenvalue weighted by Gasteiger charge is 2.05. The highest BCUT2D eigenvalue weighted by atomic mass is 32.1. The molecule has 0 radical (unpaired) electrons. The lowest BCUT2D eigenvalue weighted by Crippen LogP contribution is -2.06. The van der Waals surface area contributed by atoms with Crippen LogP contribution in [0.1, 0.15) is 27.8 Å². The van der Waals surface area contributed by atoms with Crippen molar-refractivity contribution in [3.8, 4) is 11.5 Å². The number of ether oxygens (including phenoxy) is 1. The molecular weight excluding hydrogens is 340 g/mol. The maximum absolute atomic E-state index is 9.88. The normalized spacial score (nSPS) is 10.8. The summed E-state index contributed by atoms with van der Waals surface area (Å²) < 4.78 is 5.74. The summed E-state index contributed by atoms with van der Waals surface area (Å²) in [6.07, 6.45) is 4.06. The van der Waals surface area contributed by atoms with Gasteiger partial charge in [-0.2, -0.15) is 0 Å². The Labute approximate surface area is 159 Å². The summed E-state index contributed by atoms with van der Waals surface area (Å²) in [7, 11) is 0. The minimum atomic E-state index is 0.354. The Hall–Kier alpha value is -2.91. The van der Waals surface area contributed by atoms with Gasteiger partial charge in [-0.15, -0.1) is 0 Å². The molecule has 0 bridgehead atoms. The fraction of sp³-hybridized carbons (Fsp3) is 0.0870. The molecule has 0 aliphatic heterocycles. The van der Waals surface area contributed by atoms with Crippen molar-refractivity contribution in [3.05, 3.63) is 94.5 Å². The van der Waals surface area contributed by atoms with Crippen LogP contribution in [-0.2, 0) is 0 Å². The number of hydrogen-bond acceptors (Lipinski definition) is 3. The van der Waals surface area contributed by atoms with Crippen LogP contribution in [0, 0.1) is 13.8 Å². The molecule has 130 valence electrons. The first-order valence-corrected chi connectivity index (χ1v) is 8.79. The highest BCUT2D eigenvalue weighted by Crippen LogP contribution is 2.24. The van der Waals surface area contributed by atoms with Crippen LogP contribution in [0.15, 0.2) is 66.7 Å². The first kappa shape index (κ1) is 17.9. The van der Waals surface area contributed by atoms with Crippen LogP contribution < -0.4 is 4.74 Å². The lowest BCUT2D eigenvalue weighted by Gasteiger charge is -2.08. The van der Waals surface area contributed by atoms with E-state index in [2.05, 4.69) is 0 Å². The third-order valence-corrected chi connectivity index (χ3v) is 4.38. The topological polar surface area (TPSA) is 29.5 Å². The molecule has 0 atom stereocenters. The molecule has 0 spiro atoms. The van der Waals surface area contributed by atoms with Gasteiger partial charge in [0.25, 0.3) is 0 Å². The van der Waals surface area contributed by atoms with Crippen molar-refractivity contribution in [3.63, 3.8) is 0 Å². The molecule has 0 aliphatic rings. The summed E-state index contributed by atoms with van der Waals surface area (Å²) in [6.45, 7) is 3.80. The van der Waals surface area contributed by atoms with Crippen molar-refractivity contribution in [1.82, 2.24) is 0 Å². The maximum atomic E-state index is 9.88. The van der Waals surface area contributed by atoms with E-state index >= 15 is 0 Å². The van der Waals surface area contributed by atoms with Gasteiger partial charge in [-0.05, 0) is 78.7 Å². The molecular formula is C23H20O2S. The second-order valence-corrected chi connectivity index (χ2v) is 6.54. The fourth-order valence-electron chi connectivity index (χ4n) is 2.70. The molecule has 3 rings (SSSR count). The third kappa shape index (κ3) is 4.38. The first-order valence-electron chi connectivity index (χ1n) is 8.38. The zero-order valence-corrected chi connectivity index (χ0v) is 15.6. The summed E-state index contributed by atoms with van der Waals surface area (Å²) in [6, 6.07) is 21.4. The van der Waals surface area contributed by atoms with Crippen LogP contribution in [0.4, 0.5) is 0 Å². The van der Waals surface area contributed by atoms with E-state index in [4.69, 9.17) is 17.0 Å². The quantitative estimate of drug-likeness (QED) is 0.461. The minimum absolute atomic E-state index is 0.354. The van der Waals surface area contributed by atoms with Gasteiger partial charge >= 0.3 is 0 Å². The van der Waals surface area contributed by atoms with E-state index in [9.17, 15) is 5.11 Å². The second-order valence-electron chi connectivity index (χ2n) is 6.16. The predicted molar refractivity (Wildman–Crippen MR) is 112 cm³/mol. The van der Waals surface area contributed by atoms with Gasteiger partial charge in [-0.25, -0.2) is 0 Å². The molecule has 3 aromatic carbocycles.